The molecule has 0 saturated carbocycles. The molecule has 4 N–H and O–H groups in total. The standard InChI is InChI=1S/C12H13N5O3/c1-7(10-13-6-14-17-10)15-12(20)16-9-4-2-8(3-5-9)11(18)19/h2-7H,1H3,(H,18,19)(H,13,14,17)(H2,15,16,20). The van der Waals surface area contributed by atoms with Crippen LogP contribution in [0.2, 0.25) is 0 Å². The van der Waals surface area contributed by atoms with Gasteiger partial charge in [0.1, 0.15) is 12.2 Å². The molecule has 8 nitrogen and oxygen atoms in total. The first kappa shape index (κ1) is 13.5. The molecule has 104 valence electrons. The van der Waals surface area contributed by atoms with Gasteiger partial charge in [0.25, 0.3) is 0 Å². The monoisotopic (exact) mass is 275 g/mol. The van der Waals surface area contributed by atoms with Crippen LogP contribution in [-0.4, -0.2) is 32.3 Å². The second-order valence-electron chi connectivity index (χ2n) is 4.07. The molecule has 1 unspecified atom stereocenters. The first-order valence-corrected chi connectivity index (χ1v) is 5.82. The first-order chi connectivity index (χ1) is 9.56. The number of carboxylic acid groups (broad SMARTS) is 1. The van der Waals surface area contributed by atoms with Crippen LogP contribution in [0.25, 0.3) is 0 Å². The Hall–Kier alpha value is -2.90. The van der Waals surface area contributed by atoms with Gasteiger partial charge >= 0.3 is 12.0 Å². The zero-order valence-corrected chi connectivity index (χ0v) is 10.6. The minimum Gasteiger partial charge on any atom is -0.478 e. The number of benzene rings is 1. The maximum atomic E-state index is 11.7. The van der Waals surface area contributed by atoms with Gasteiger partial charge in [-0.1, -0.05) is 0 Å². The molecule has 1 aromatic heterocycles. The molecule has 0 fully saturated rings. The van der Waals surface area contributed by atoms with Gasteiger partial charge in [0.05, 0.1) is 11.6 Å². The minimum atomic E-state index is -1.01. The van der Waals surface area contributed by atoms with E-state index in [0.717, 1.165) is 0 Å². The van der Waals surface area contributed by atoms with E-state index in [0.29, 0.717) is 11.5 Å². The summed E-state index contributed by atoms with van der Waals surface area (Å²) in [6.07, 6.45) is 1.36. The highest BCUT2D eigenvalue weighted by Crippen LogP contribution is 2.10. The number of amides is 2. The van der Waals surface area contributed by atoms with Crippen LogP contribution in [0.5, 0.6) is 0 Å². The molecule has 20 heavy (non-hydrogen) atoms. The number of anilines is 1. The third-order valence-electron chi connectivity index (χ3n) is 2.58. The Labute approximate surface area is 114 Å². The quantitative estimate of drug-likeness (QED) is 0.672. The van der Waals surface area contributed by atoms with Crippen LogP contribution in [0.15, 0.2) is 30.6 Å². The van der Waals surface area contributed by atoms with Crippen molar-refractivity contribution in [1.29, 1.82) is 0 Å². The predicted octanol–water partition coefficient (Wildman–Crippen LogP) is 1.39. The van der Waals surface area contributed by atoms with Crippen molar-refractivity contribution >= 4 is 17.7 Å². The van der Waals surface area contributed by atoms with Crippen molar-refractivity contribution in [2.75, 3.05) is 5.32 Å². The van der Waals surface area contributed by atoms with Gasteiger partial charge in [0.2, 0.25) is 0 Å². The normalized spacial score (nSPS) is 11.7. The number of hydrogen-bond acceptors (Lipinski definition) is 4. The smallest absolute Gasteiger partial charge is 0.335 e. The largest absolute Gasteiger partial charge is 0.478 e. The zero-order chi connectivity index (χ0) is 14.5. The Balaban J connectivity index is 1.92. The summed E-state index contributed by atoms with van der Waals surface area (Å²) in [5, 5.41) is 20.4. The van der Waals surface area contributed by atoms with Crippen LogP contribution in [0.4, 0.5) is 10.5 Å². The molecule has 0 aliphatic heterocycles. The van der Waals surface area contributed by atoms with E-state index in [9.17, 15) is 9.59 Å². The van der Waals surface area contributed by atoms with Crippen molar-refractivity contribution in [1.82, 2.24) is 20.5 Å². The number of carboxylic acids is 1. The van der Waals surface area contributed by atoms with E-state index in [1.807, 2.05) is 0 Å². The molecule has 1 heterocycles. The van der Waals surface area contributed by atoms with Crippen LogP contribution < -0.4 is 10.6 Å². The summed E-state index contributed by atoms with van der Waals surface area (Å²) >= 11 is 0. The van der Waals surface area contributed by atoms with Crippen molar-refractivity contribution in [2.45, 2.75) is 13.0 Å². The molecule has 2 rings (SSSR count). The summed E-state index contributed by atoms with van der Waals surface area (Å²) in [5.74, 6) is -0.471. The molecule has 0 aliphatic carbocycles. The lowest BCUT2D eigenvalue weighted by atomic mass is 10.2. The number of carbonyl (C=O) groups excluding carboxylic acids is 1. The third kappa shape index (κ3) is 3.31. The highest BCUT2D eigenvalue weighted by atomic mass is 16.4. The topological polar surface area (TPSA) is 120 Å². The lowest BCUT2D eigenvalue weighted by Gasteiger charge is -2.12. The summed E-state index contributed by atoms with van der Waals surface area (Å²) in [6.45, 7) is 1.76. The van der Waals surface area contributed by atoms with Gasteiger partial charge in [-0.15, -0.1) is 0 Å². The summed E-state index contributed by atoms with van der Waals surface area (Å²) in [7, 11) is 0. The average molecular weight is 275 g/mol. The molecule has 1 atom stereocenters. The molecule has 2 aromatic rings. The van der Waals surface area contributed by atoms with E-state index in [2.05, 4.69) is 25.8 Å². The van der Waals surface area contributed by atoms with Crippen LogP contribution >= 0.6 is 0 Å². The fourth-order valence-electron chi connectivity index (χ4n) is 1.55. The average Bonchev–Trinajstić information content (AvgIpc) is 2.93. The molecule has 8 heteroatoms. The number of carbonyl (C=O) groups is 2. The first-order valence-electron chi connectivity index (χ1n) is 5.82. The van der Waals surface area contributed by atoms with Crippen LogP contribution in [0.1, 0.15) is 29.1 Å². The van der Waals surface area contributed by atoms with Crippen molar-refractivity contribution < 1.29 is 14.7 Å². The number of rotatable bonds is 4. The Kier molecular flexibility index (Phi) is 3.94. The van der Waals surface area contributed by atoms with Gasteiger partial charge < -0.3 is 15.7 Å². The van der Waals surface area contributed by atoms with Gasteiger partial charge in [-0.2, -0.15) is 5.10 Å². The van der Waals surface area contributed by atoms with E-state index < -0.39 is 12.0 Å². The summed E-state index contributed by atoms with van der Waals surface area (Å²) in [6, 6.07) is 5.12. The molecule has 1 aromatic carbocycles. The molecule has 0 radical (unpaired) electrons. The van der Waals surface area contributed by atoms with Crippen molar-refractivity contribution in [2.24, 2.45) is 0 Å². The van der Waals surface area contributed by atoms with Crippen LogP contribution in [0, 0.1) is 0 Å². The summed E-state index contributed by atoms with van der Waals surface area (Å²) in [4.78, 5) is 26.4. The van der Waals surface area contributed by atoms with Gasteiger partial charge in [-0.3, -0.25) is 5.10 Å². The second-order valence-corrected chi connectivity index (χ2v) is 4.07. The number of aromatic amines is 1. The van der Waals surface area contributed by atoms with Gasteiger partial charge in [-0.25, -0.2) is 14.6 Å². The highest BCUT2D eigenvalue weighted by Gasteiger charge is 2.12. The lowest BCUT2D eigenvalue weighted by molar-refractivity contribution is 0.0697. The summed E-state index contributed by atoms with van der Waals surface area (Å²) < 4.78 is 0. The number of aromatic nitrogens is 3. The number of nitrogens with one attached hydrogen (secondary N) is 3. The fraction of sp³-hybridized carbons (Fsp3) is 0.167. The van der Waals surface area contributed by atoms with E-state index in [1.54, 1.807) is 6.92 Å². The molecule has 0 aliphatic rings. The van der Waals surface area contributed by atoms with Crippen molar-refractivity contribution in [3.05, 3.63) is 42.0 Å². The van der Waals surface area contributed by atoms with E-state index in [-0.39, 0.29) is 11.6 Å². The molecule has 0 spiro atoms. The van der Waals surface area contributed by atoms with Gasteiger partial charge in [-0.05, 0) is 31.2 Å². The molecular formula is C12H13N5O3. The Morgan fingerprint density at radius 2 is 2.00 bits per heavy atom. The predicted molar refractivity (Wildman–Crippen MR) is 70.4 cm³/mol. The maximum Gasteiger partial charge on any atom is 0.335 e. The van der Waals surface area contributed by atoms with Crippen molar-refractivity contribution in [3.8, 4) is 0 Å². The van der Waals surface area contributed by atoms with Crippen LogP contribution in [0.3, 0.4) is 0 Å². The number of aromatic carboxylic acids is 1. The van der Waals surface area contributed by atoms with Gasteiger partial charge in [0, 0.05) is 5.69 Å². The molecule has 0 saturated heterocycles. The van der Waals surface area contributed by atoms with Gasteiger partial charge in [0.15, 0.2) is 0 Å². The third-order valence-corrected chi connectivity index (χ3v) is 2.58. The number of hydrogen-bond donors (Lipinski definition) is 4. The Morgan fingerprint density at radius 3 is 2.55 bits per heavy atom. The van der Waals surface area contributed by atoms with Crippen LogP contribution in [-0.2, 0) is 0 Å². The zero-order valence-electron chi connectivity index (χ0n) is 10.6. The van der Waals surface area contributed by atoms with Crippen molar-refractivity contribution in [3.63, 3.8) is 0 Å². The molecule has 2 amide bonds. The Morgan fingerprint density at radius 1 is 1.30 bits per heavy atom. The number of H-pyrrole nitrogens is 1. The maximum absolute atomic E-state index is 11.7. The lowest BCUT2D eigenvalue weighted by Crippen LogP contribution is -2.31. The minimum absolute atomic E-state index is 0.158. The second kappa shape index (κ2) is 5.83. The SMILES string of the molecule is CC(NC(=O)Nc1ccc(C(=O)O)cc1)c1ncn[nH]1. The molecule has 0 bridgehead atoms. The number of urea groups is 1. The van der Waals surface area contributed by atoms with E-state index in [1.165, 1.54) is 30.6 Å². The fourth-order valence-corrected chi connectivity index (χ4v) is 1.55. The van der Waals surface area contributed by atoms with E-state index >= 15 is 0 Å². The molecular weight excluding hydrogens is 262 g/mol. The Bertz CT molecular complexity index is 594. The number of nitrogens with zero attached hydrogens (tertiary/aromatic N) is 2. The van der Waals surface area contributed by atoms with E-state index in [4.69, 9.17) is 5.11 Å². The highest BCUT2D eigenvalue weighted by molar-refractivity contribution is 5.91. The summed E-state index contributed by atoms with van der Waals surface area (Å²) in [5.41, 5.74) is 0.656.